The minimum atomic E-state index is -0.141. The van der Waals surface area contributed by atoms with Crippen LogP contribution in [0.3, 0.4) is 0 Å². The molecule has 6 atom stereocenters. The summed E-state index contributed by atoms with van der Waals surface area (Å²) < 4.78 is 0. The third kappa shape index (κ3) is 2.93. The van der Waals surface area contributed by atoms with E-state index >= 15 is 0 Å². The Morgan fingerprint density at radius 2 is 1.93 bits per heavy atom. The first kappa shape index (κ1) is 17.7. The number of hydrogen-bond donors (Lipinski definition) is 2. The number of carbonyl (C=O) groups excluding carboxylic acids is 1. The molecule has 1 aliphatic heterocycles. The van der Waals surface area contributed by atoms with Crippen LogP contribution in [0.2, 0.25) is 0 Å². The van der Waals surface area contributed by atoms with E-state index in [0.717, 1.165) is 38.6 Å². The van der Waals surface area contributed by atoms with Crippen LogP contribution in [0, 0.1) is 16.7 Å². The summed E-state index contributed by atoms with van der Waals surface area (Å²) in [5.41, 5.74) is 1.88. The van der Waals surface area contributed by atoms with Gasteiger partial charge in [0, 0.05) is 12.1 Å². The van der Waals surface area contributed by atoms with Gasteiger partial charge in [0.15, 0.2) is 0 Å². The van der Waals surface area contributed by atoms with Gasteiger partial charge in [-0.15, -0.1) is 0 Å². The van der Waals surface area contributed by atoms with Crippen molar-refractivity contribution in [1.29, 1.82) is 0 Å². The molecule has 2 N–H and O–H groups in total. The van der Waals surface area contributed by atoms with E-state index in [1.807, 2.05) is 0 Å². The summed E-state index contributed by atoms with van der Waals surface area (Å²) in [6, 6.07) is 12.0. The van der Waals surface area contributed by atoms with E-state index in [4.69, 9.17) is 0 Å². The van der Waals surface area contributed by atoms with Gasteiger partial charge in [-0.2, -0.15) is 0 Å². The fourth-order valence-corrected chi connectivity index (χ4v) is 7.89. The van der Waals surface area contributed by atoms with Gasteiger partial charge in [0.25, 0.3) is 0 Å². The number of hydrogen-bond acceptors (Lipinski definition) is 2. The van der Waals surface area contributed by atoms with E-state index in [9.17, 15) is 4.79 Å². The maximum Gasteiger partial charge on any atom is 0.226 e. The number of amides is 1. The lowest BCUT2D eigenvalue weighted by Gasteiger charge is -2.65. The van der Waals surface area contributed by atoms with Gasteiger partial charge in [-0.25, -0.2) is 0 Å². The van der Waals surface area contributed by atoms with E-state index in [1.165, 1.54) is 24.8 Å². The highest BCUT2D eigenvalue weighted by atomic mass is 16.2. The number of benzene rings is 1. The highest BCUT2D eigenvalue weighted by Gasteiger charge is 2.64. The van der Waals surface area contributed by atoms with E-state index in [0.29, 0.717) is 29.3 Å². The van der Waals surface area contributed by atoms with E-state index in [-0.39, 0.29) is 10.8 Å². The second-order valence-electron chi connectivity index (χ2n) is 10.8. The van der Waals surface area contributed by atoms with Crippen LogP contribution in [0.5, 0.6) is 0 Å². The fraction of sp³-hybridized carbons (Fsp3) is 0.708. The number of carbonyl (C=O) groups is 1. The molecule has 5 aliphatic rings. The van der Waals surface area contributed by atoms with Crippen LogP contribution in [0.1, 0.15) is 70.8 Å². The molecule has 1 heterocycles. The highest BCUT2D eigenvalue weighted by molar-refractivity contribution is 5.84. The van der Waals surface area contributed by atoms with Crippen LogP contribution in [0.4, 0.5) is 0 Å². The standard InChI is InChI=1S/C24H34N2O/c1-17-10-20(8-9-25-17)26-21(27)24-13-18-11-22(2,15-24)14-23(12-18,16-24)19-6-4-3-5-7-19/h3-7,17-18,20,25H,8-16H2,1-2H3,(H,26,27)/t17-,18?,20+,22?,23?,24?/m0/s1. The first-order valence-corrected chi connectivity index (χ1v) is 11.0. The SMILES string of the molecule is C[C@H]1C[C@H](NC(=O)C23CC4CC(C)(C2)CC(c2ccccc2)(C4)C3)CCN1. The predicted molar refractivity (Wildman–Crippen MR) is 108 cm³/mol. The minimum Gasteiger partial charge on any atom is -0.353 e. The molecule has 146 valence electrons. The molecule has 5 fully saturated rings. The number of rotatable bonds is 3. The molecule has 0 radical (unpaired) electrons. The van der Waals surface area contributed by atoms with Gasteiger partial charge in [-0.3, -0.25) is 4.79 Å². The van der Waals surface area contributed by atoms with E-state index < -0.39 is 0 Å². The zero-order valence-corrected chi connectivity index (χ0v) is 16.9. The fourth-order valence-electron chi connectivity index (χ4n) is 7.89. The van der Waals surface area contributed by atoms with Gasteiger partial charge < -0.3 is 10.6 Å². The van der Waals surface area contributed by atoms with Crippen molar-refractivity contribution in [3.05, 3.63) is 35.9 Å². The Hall–Kier alpha value is -1.35. The second-order valence-corrected chi connectivity index (χ2v) is 10.8. The van der Waals surface area contributed by atoms with Crippen LogP contribution < -0.4 is 10.6 Å². The molecule has 1 saturated heterocycles. The van der Waals surface area contributed by atoms with Crippen molar-refractivity contribution < 1.29 is 4.79 Å². The lowest BCUT2D eigenvalue weighted by Crippen LogP contribution is -2.63. The van der Waals surface area contributed by atoms with Crippen LogP contribution in [-0.4, -0.2) is 24.5 Å². The molecule has 0 aromatic heterocycles. The summed E-state index contributed by atoms with van der Waals surface area (Å²) >= 11 is 0. The largest absolute Gasteiger partial charge is 0.353 e. The first-order valence-electron chi connectivity index (χ1n) is 11.0. The number of piperidine rings is 1. The van der Waals surface area contributed by atoms with Crippen molar-refractivity contribution in [2.24, 2.45) is 16.7 Å². The summed E-state index contributed by atoms with van der Waals surface area (Å²) in [5.74, 6) is 1.08. The lowest BCUT2D eigenvalue weighted by molar-refractivity contribution is -0.161. The number of nitrogens with one attached hydrogen (secondary N) is 2. The maximum absolute atomic E-state index is 13.7. The molecular formula is C24H34N2O. The van der Waals surface area contributed by atoms with E-state index in [1.54, 1.807) is 0 Å². The van der Waals surface area contributed by atoms with Gasteiger partial charge in [-0.1, -0.05) is 37.3 Å². The second kappa shape index (κ2) is 6.07. The Labute approximate surface area is 163 Å². The van der Waals surface area contributed by atoms with Crippen molar-refractivity contribution in [3.8, 4) is 0 Å². The Kier molecular flexibility index (Phi) is 3.99. The average molecular weight is 367 g/mol. The maximum atomic E-state index is 13.7. The van der Waals surface area contributed by atoms with Crippen LogP contribution >= 0.6 is 0 Å². The van der Waals surface area contributed by atoms with Crippen molar-refractivity contribution in [1.82, 2.24) is 10.6 Å². The van der Waals surface area contributed by atoms with Gasteiger partial charge in [0.2, 0.25) is 5.91 Å². The van der Waals surface area contributed by atoms with Gasteiger partial charge in [-0.05, 0) is 87.1 Å². The quantitative estimate of drug-likeness (QED) is 0.843. The molecule has 27 heavy (non-hydrogen) atoms. The topological polar surface area (TPSA) is 41.1 Å². The molecule has 0 spiro atoms. The lowest BCUT2D eigenvalue weighted by atomic mass is 9.38. The third-order valence-electron chi connectivity index (χ3n) is 8.17. The molecule has 3 heteroatoms. The summed E-state index contributed by atoms with van der Waals surface area (Å²) in [5, 5.41) is 7.02. The molecule has 1 aromatic carbocycles. The van der Waals surface area contributed by atoms with Gasteiger partial charge in [0.1, 0.15) is 0 Å². The van der Waals surface area contributed by atoms with Crippen molar-refractivity contribution in [2.45, 2.75) is 82.7 Å². The normalized spacial score (nSPS) is 45.6. The molecule has 1 amide bonds. The minimum absolute atomic E-state index is 0.141. The van der Waals surface area contributed by atoms with E-state index in [2.05, 4.69) is 54.8 Å². The predicted octanol–water partition coefficient (Wildman–Crippen LogP) is 4.17. The van der Waals surface area contributed by atoms with Crippen LogP contribution in [0.15, 0.2) is 30.3 Å². The molecule has 4 aliphatic carbocycles. The monoisotopic (exact) mass is 366 g/mol. The molecular weight excluding hydrogens is 332 g/mol. The average Bonchev–Trinajstić information content (AvgIpc) is 2.60. The molecule has 1 aromatic rings. The highest BCUT2D eigenvalue weighted by Crippen LogP contribution is 2.70. The molecule has 6 rings (SSSR count). The van der Waals surface area contributed by atoms with Crippen molar-refractivity contribution in [2.75, 3.05) is 6.54 Å². The van der Waals surface area contributed by atoms with Crippen molar-refractivity contribution in [3.63, 3.8) is 0 Å². The Balaban J connectivity index is 1.45. The summed E-state index contributed by atoms with van der Waals surface area (Å²) in [6.07, 6.45) is 9.26. The molecule has 4 bridgehead atoms. The first-order chi connectivity index (χ1) is 12.9. The van der Waals surface area contributed by atoms with Gasteiger partial charge in [0.05, 0.1) is 5.41 Å². The third-order valence-corrected chi connectivity index (χ3v) is 8.17. The Morgan fingerprint density at radius 3 is 2.67 bits per heavy atom. The van der Waals surface area contributed by atoms with Crippen LogP contribution in [-0.2, 0) is 10.2 Å². The Morgan fingerprint density at radius 1 is 1.11 bits per heavy atom. The summed E-state index contributed by atoms with van der Waals surface area (Å²) in [7, 11) is 0. The van der Waals surface area contributed by atoms with Crippen LogP contribution in [0.25, 0.3) is 0 Å². The zero-order valence-electron chi connectivity index (χ0n) is 16.9. The van der Waals surface area contributed by atoms with Crippen molar-refractivity contribution >= 4 is 5.91 Å². The molecule has 3 nitrogen and oxygen atoms in total. The Bertz CT molecular complexity index is 733. The zero-order chi connectivity index (χ0) is 18.7. The smallest absolute Gasteiger partial charge is 0.226 e. The molecule has 4 unspecified atom stereocenters. The van der Waals surface area contributed by atoms with Gasteiger partial charge >= 0.3 is 0 Å². The summed E-state index contributed by atoms with van der Waals surface area (Å²) in [4.78, 5) is 13.7. The summed E-state index contributed by atoms with van der Waals surface area (Å²) in [6.45, 7) is 5.71. The molecule has 4 saturated carbocycles.